The molecule has 2 aromatic rings. The number of nitrogens with zero attached hydrogens (tertiary/aromatic N) is 3. The lowest BCUT2D eigenvalue weighted by molar-refractivity contribution is -0.206. The quantitative estimate of drug-likeness (QED) is 0.101. The second kappa shape index (κ2) is 21.8. The van der Waals surface area contributed by atoms with Gasteiger partial charge in [-0.2, -0.15) is 4.98 Å². The van der Waals surface area contributed by atoms with Crippen molar-refractivity contribution in [3.63, 3.8) is 0 Å². The maximum absolute atomic E-state index is 12.3. The second-order valence-electron chi connectivity index (χ2n) is 10.9. The fourth-order valence-electron chi connectivity index (χ4n) is 4.76. The first-order valence-electron chi connectivity index (χ1n) is 15.7. The Balaban J connectivity index is 1.48. The third kappa shape index (κ3) is 15.6. The summed E-state index contributed by atoms with van der Waals surface area (Å²) < 4.78 is 35.3. The molecule has 2 rings (SSSR count). The van der Waals surface area contributed by atoms with Gasteiger partial charge in [0, 0.05) is 20.3 Å². The molecule has 0 fully saturated rings. The number of methoxy groups -OCH3 is 1. The van der Waals surface area contributed by atoms with Gasteiger partial charge in [0.15, 0.2) is 18.8 Å². The van der Waals surface area contributed by atoms with Gasteiger partial charge in [0.1, 0.15) is 6.35 Å². The average molecular weight is 615 g/mol. The first-order chi connectivity index (χ1) is 20.4. The Morgan fingerprint density at radius 1 is 0.952 bits per heavy atom. The number of aromatic nitrogens is 4. The molecule has 0 saturated carbocycles. The van der Waals surface area contributed by atoms with Crippen LogP contribution in [0.25, 0.3) is 11.2 Å². The third-order valence-electron chi connectivity index (χ3n) is 7.08. The van der Waals surface area contributed by atoms with Crippen LogP contribution in [-0.2, 0) is 29.8 Å². The molecule has 13 heteroatoms. The molecule has 0 bridgehead atoms. The number of hydrogen-bond donors (Lipinski definition) is 2. The lowest BCUT2D eigenvalue weighted by Crippen LogP contribution is -2.27. The predicted molar refractivity (Wildman–Crippen MR) is 163 cm³/mol. The van der Waals surface area contributed by atoms with Crippen LogP contribution in [0.4, 0.5) is 5.95 Å². The Morgan fingerprint density at radius 2 is 1.55 bits per heavy atom. The topological polar surface area (TPSA) is 167 Å². The zero-order valence-corrected chi connectivity index (χ0v) is 26.6. The van der Waals surface area contributed by atoms with E-state index < -0.39 is 25.6 Å². The molecule has 0 aliphatic rings. The van der Waals surface area contributed by atoms with Crippen molar-refractivity contribution in [1.82, 2.24) is 19.5 Å². The highest BCUT2D eigenvalue weighted by Crippen LogP contribution is 2.37. The molecule has 3 N–H and O–H groups in total. The highest BCUT2D eigenvalue weighted by molar-refractivity contribution is 7.51. The van der Waals surface area contributed by atoms with E-state index in [9.17, 15) is 14.3 Å². The van der Waals surface area contributed by atoms with Crippen molar-refractivity contribution < 1.29 is 28.2 Å². The first kappa shape index (κ1) is 36.4. The molecule has 2 atom stereocenters. The number of nitrogen functional groups attached to an aromatic ring is 1. The molecular weight excluding hydrogens is 561 g/mol. The summed E-state index contributed by atoms with van der Waals surface area (Å²) in [4.78, 5) is 34.8. The summed E-state index contributed by atoms with van der Waals surface area (Å²) in [5, 5.41) is 0. The molecule has 242 valence electrons. The minimum Gasteiger partial charge on any atom is -0.777 e. The highest BCUT2D eigenvalue weighted by atomic mass is 31.2. The largest absolute Gasteiger partial charge is 0.777 e. The fourth-order valence-corrected chi connectivity index (χ4v) is 5.64. The number of nitrogens with one attached hydrogen (secondary N) is 1. The lowest BCUT2D eigenvalue weighted by atomic mass is 10.0. The third-order valence-corrected chi connectivity index (χ3v) is 8.12. The maximum atomic E-state index is 12.3. The van der Waals surface area contributed by atoms with Gasteiger partial charge in [0.05, 0.1) is 32.2 Å². The van der Waals surface area contributed by atoms with E-state index in [1.807, 2.05) is 0 Å². The average Bonchev–Trinajstić information content (AvgIpc) is 3.35. The summed E-state index contributed by atoms with van der Waals surface area (Å²) in [5.74, 6) is -0.0421. The molecule has 2 heterocycles. The number of nitrogens with two attached hydrogens (primary N) is 1. The van der Waals surface area contributed by atoms with Crippen molar-refractivity contribution in [3.05, 3.63) is 16.7 Å². The fraction of sp³-hybridized carbons (Fsp3) is 0.828. The van der Waals surface area contributed by atoms with Crippen LogP contribution in [0.5, 0.6) is 0 Å². The van der Waals surface area contributed by atoms with Gasteiger partial charge in [-0.05, 0) is 12.8 Å². The number of anilines is 1. The number of unbranched alkanes of at least 4 members (excludes halogenated alkanes) is 13. The van der Waals surface area contributed by atoms with Crippen LogP contribution in [0.3, 0.4) is 0 Å². The van der Waals surface area contributed by atoms with Crippen LogP contribution in [-0.4, -0.2) is 65.5 Å². The number of rotatable bonds is 27. The Bertz CT molecular complexity index is 1080. The van der Waals surface area contributed by atoms with Gasteiger partial charge < -0.3 is 38.5 Å². The molecule has 0 amide bonds. The van der Waals surface area contributed by atoms with Crippen LogP contribution in [0.1, 0.15) is 103 Å². The van der Waals surface area contributed by atoms with E-state index in [2.05, 4.69) is 21.9 Å². The van der Waals surface area contributed by atoms with Gasteiger partial charge in [0.2, 0.25) is 5.95 Å². The van der Waals surface area contributed by atoms with Gasteiger partial charge in [-0.25, -0.2) is 4.98 Å². The van der Waals surface area contributed by atoms with Gasteiger partial charge in [0.25, 0.3) is 5.56 Å². The van der Waals surface area contributed by atoms with E-state index in [1.165, 1.54) is 96.9 Å². The smallest absolute Gasteiger partial charge is 0.280 e. The first-order valence-corrected chi connectivity index (χ1v) is 17.4. The molecule has 0 aliphatic heterocycles. The standard InChI is InChI=1S/C29H54N5O7P/c1-3-4-5-6-7-8-9-10-11-12-13-14-15-16-18-39-19-17-20-41-42(36,37)24-40-25(22-38-2)21-34-23-31-26-27(34)32-29(30)33-28(26)35/h23,25H,3-22,24H2,1-2H3,(H,36,37)(H3,30,32,33,35)/p-1/t25-/m0/s1. The van der Waals surface area contributed by atoms with Crippen molar-refractivity contribution in [2.45, 2.75) is 116 Å². The SMILES string of the molecule is CCCCCCCCCCCCCCCCOCCCOP(=O)([O-])CO[C@H](COC)Cn1cnc2c(=O)[nH]c(N)nc21. The molecule has 0 radical (unpaired) electrons. The van der Waals surface area contributed by atoms with Crippen LogP contribution < -0.4 is 16.2 Å². The highest BCUT2D eigenvalue weighted by Gasteiger charge is 2.18. The zero-order chi connectivity index (χ0) is 30.5. The van der Waals surface area contributed by atoms with Gasteiger partial charge in [-0.3, -0.25) is 9.78 Å². The van der Waals surface area contributed by atoms with Crippen molar-refractivity contribution >= 4 is 24.7 Å². The molecule has 42 heavy (non-hydrogen) atoms. The molecule has 1 unspecified atom stereocenters. The monoisotopic (exact) mass is 614 g/mol. The van der Waals surface area contributed by atoms with E-state index in [0.717, 1.165) is 6.42 Å². The van der Waals surface area contributed by atoms with E-state index in [1.54, 1.807) is 4.57 Å². The van der Waals surface area contributed by atoms with Crippen LogP contribution in [0.15, 0.2) is 11.1 Å². The molecule has 2 aromatic heterocycles. The Morgan fingerprint density at radius 3 is 2.17 bits per heavy atom. The van der Waals surface area contributed by atoms with Crippen molar-refractivity contribution in [3.8, 4) is 0 Å². The lowest BCUT2D eigenvalue weighted by Gasteiger charge is -2.26. The number of aromatic amines is 1. The Labute approximate surface area is 250 Å². The molecular formula is C29H53N5O7P-. The Hall–Kier alpha value is -1.82. The molecule has 0 saturated heterocycles. The van der Waals surface area contributed by atoms with Gasteiger partial charge >= 0.3 is 0 Å². The van der Waals surface area contributed by atoms with E-state index in [-0.39, 0.29) is 36.9 Å². The summed E-state index contributed by atoms with van der Waals surface area (Å²) >= 11 is 0. The van der Waals surface area contributed by atoms with E-state index in [0.29, 0.717) is 19.6 Å². The van der Waals surface area contributed by atoms with Gasteiger partial charge in [-0.15, -0.1) is 0 Å². The number of imidazole rings is 1. The molecule has 0 aliphatic carbocycles. The molecule has 0 aromatic carbocycles. The molecule has 0 spiro atoms. The van der Waals surface area contributed by atoms with Crippen LogP contribution >= 0.6 is 7.60 Å². The maximum Gasteiger partial charge on any atom is 0.280 e. The summed E-state index contributed by atoms with van der Waals surface area (Å²) in [7, 11) is -2.73. The second-order valence-corrected chi connectivity index (χ2v) is 12.6. The molecule has 12 nitrogen and oxygen atoms in total. The van der Waals surface area contributed by atoms with Crippen LogP contribution in [0.2, 0.25) is 0 Å². The van der Waals surface area contributed by atoms with Crippen molar-refractivity contribution in [2.75, 3.05) is 45.6 Å². The van der Waals surface area contributed by atoms with Crippen LogP contribution in [0, 0.1) is 0 Å². The predicted octanol–water partition coefficient (Wildman–Crippen LogP) is 5.15. The number of hydrogen-bond acceptors (Lipinski definition) is 10. The summed E-state index contributed by atoms with van der Waals surface area (Å²) in [6, 6.07) is 0. The van der Waals surface area contributed by atoms with Crippen molar-refractivity contribution in [1.29, 1.82) is 0 Å². The Kier molecular flexibility index (Phi) is 18.9. The van der Waals surface area contributed by atoms with Crippen molar-refractivity contribution in [2.24, 2.45) is 0 Å². The summed E-state index contributed by atoms with van der Waals surface area (Å²) in [6.07, 6.45) is 19.1. The zero-order valence-electron chi connectivity index (χ0n) is 25.7. The minimum absolute atomic E-state index is 0.0377. The van der Waals surface area contributed by atoms with E-state index >= 15 is 0 Å². The number of H-pyrrole nitrogens is 1. The number of ether oxygens (including phenoxy) is 3. The minimum atomic E-state index is -4.22. The van der Waals surface area contributed by atoms with Gasteiger partial charge in [-0.1, -0.05) is 90.4 Å². The van der Waals surface area contributed by atoms with E-state index in [4.69, 9.17) is 24.5 Å². The summed E-state index contributed by atoms with van der Waals surface area (Å²) in [6.45, 7) is 3.71. The normalized spacial score (nSPS) is 14.0. The summed E-state index contributed by atoms with van der Waals surface area (Å²) in [5.41, 5.74) is 5.58. The number of fused-ring (bicyclic) bond motifs is 1.